The topological polar surface area (TPSA) is 0 Å². The van der Waals surface area contributed by atoms with Crippen molar-refractivity contribution >= 4 is 53.9 Å². The van der Waals surface area contributed by atoms with Crippen molar-refractivity contribution in [2.75, 3.05) is 0 Å². The van der Waals surface area contributed by atoms with Gasteiger partial charge in [-0.05, 0) is 156 Å². The van der Waals surface area contributed by atoms with E-state index in [-0.39, 0.29) is 5.41 Å². The molecule has 13 rings (SSSR count). The van der Waals surface area contributed by atoms with Gasteiger partial charge in [-0.3, -0.25) is 0 Å². The van der Waals surface area contributed by atoms with Crippen molar-refractivity contribution in [3.05, 3.63) is 242 Å². The Hall–Kier alpha value is -8.06. The van der Waals surface area contributed by atoms with Gasteiger partial charge in [0, 0.05) is 5.41 Å². The zero-order valence-corrected chi connectivity index (χ0v) is 36.4. The van der Waals surface area contributed by atoms with E-state index >= 15 is 0 Å². The average Bonchev–Trinajstić information content (AvgIpc) is 3.59. The average molecular weight is 825 g/mol. The fourth-order valence-electron chi connectivity index (χ4n) is 11.4. The van der Waals surface area contributed by atoms with Gasteiger partial charge in [-0.2, -0.15) is 0 Å². The van der Waals surface area contributed by atoms with E-state index < -0.39 is 0 Å². The Balaban J connectivity index is 0.987. The Bertz CT molecular complexity index is 3830. The molecule has 0 radical (unpaired) electrons. The molecule has 0 heteroatoms. The van der Waals surface area contributed by atoms with Gasteiger partial charge in [0.15, 0.2) is 0 Å². The van der Waals surface area contributed by atoms with Gasteiger partial charge < -0.3 is 0 Å². The van der Waals surface area contributed by atoms with E-state index in [1.54, 1.807) is 0 Å². The first-order valence-electron chi connectivity index (χ1n) is 22.8. The molecule has 1 aliphatic rings. The van der Waals surface area contributed by atoms with Crippen LogP contribution in [-0.2, 0) is 5.41 Å². The number of benzene rings is 12. The van der Waals surface area contributed by atoms with Crippen LogP contribution in [0.15, 0.2) is 231 Å². The standard InChI is InChI=1S/C65H44/c1-65(2)59-39-47(63-55-27-15-13-25-53(55)62(54-26-14-16-28-56(54)63)46-30-29-42-19-9-10-22-44(42)37-46)32-34-49(59)50-35-33-48(40-60(50)65)64-52-24-12-11-23-51(52)61(43-20-7-4-8-21-43)58-38-45(31-36-57(58)64)41-17-5-3-6-18-41/h3-40H,1-2H3. The first kappa shape index (κ1) is 37.5. The fourth-order valence-corrected chi connectivity index (χ4v) is 11.4. The van der Waals surface area contributed by atoms with Crippen molar-refractivity contribution in [3.63, 3.8) is 0 Å². The molecule has 1 aliphatic carbocycles. The second-order valence-corrected chi connectivity index (χ2v) is 18.3. The molecule has 0 heterocycles. The summed E-state index contributed by atoms with van der Waals surface area (Å²) in [6.45, 7) is 4.84. The third kappa shape index (κ3) is 5.77. The minimum Gasteiger partial charge on any atom is -0.0622 e. The molecule has 65 heavy (non-hydrogen) atoms. The molecule has 0 fully saturated rings. The minimum atomic E-state index is -0.233. The van der Waals surface area contributed by atoms with Crippen LogP contribution in [0.4, 0.5) is 0 Å². The smallest absolute Gasteiger partial charge is 0.0159 e. The second-order valence-electron chi connectivity index (χ2n) is 18.3. The number of rotatable bonds is 5. The second kappa shape index (κ2) is 14.5. The Labute approximate surface area is 379 Å². The molecule has 0 unspecified atom stereocenters. The van der Waals surface area contributed by atoms with Crippen LogP contribution >= 0.6 is 0 Å². The summed E-state index contributed by atoms with van der Waals surface area (Å²) in [7, 11) is 0. The first-order chi connectivity index (χ1) is 32.0. The highest BCUT2D eigenvalue weighted by atomic mass is 14.4. The van der Waals surface area contributed by atoms with Crippen molar-refractivity contribution < 1.29 is 0 Å². The molecule has 304 valence electrons. The maximum atomic E-state index is 2.51. The van der Waals surface area contributed by atoms with Crippen LogP contribution in [0.2, 0.25) is 0 Å². The van der Waals surface area contributed by atoms with Crippen LogP contribution in [-0.4, -0.2) is 0 Å². The van der Waals surface area contributed by atoms with Crippen molar-refractivity contribution in [3.8, 4) is 66.8 Å². The highest BCUT2D eigenvalue weighted by Crippen LogP contribution is 2.53. The highest BCUT2D eigenvalue weighted by Gasteiger charge is 2.36. The number of hydrogen-bond acceptors (Lipinski definition) is 0. The van der Waals surface area contributed by atoms with E-state index in [0.29, 0.717) is 0 Å². The van der Waals surface area contributed by atoms with Crippen LogP contribution < -0.4 is 0 Å². The summed E-state index contributed by atoms with van der Waals surface area (Å²) in [5, 5.41) is 12.7. The van der Waals surface area contributed by atoms with Crippen molar-refractivity contribution in [1.29, 1.82) is 0 Å². The first-order valence-corrected chi connectivity index (χ1v) is 22.8. The predicted molar refractivity (Wildman–Crippen MR) is 279 cm³/mol. The molecule has 0 amide bonds. The van der Waals surface area contributed by atoms with E-state index in [2.05, 4.69) is 244 Å². The molecule has 0 spiro atoms. The molecule has 0 bridgehead atoms. The molecular weight excluding hydrogens is 781 g/mol. The molecule has 0 saturated carbocycles. The minimum absolute atomic E-state index is 0.233. The highest BCUT2D eigenvalue weighted by molar-refractivity contribution is 6.23. The van der Waals surface area contributed by atoms with Gasteiger partial charge in [0.05, 0.1) is 0 Å². The van der Waals surface area contributed by atoms with Crippen molar-refractivity contribution in [2.24, 2.45) is 0 Å². The summed E-state index contributed by atoms with van der Waals surface area (Å²) in [5.74, 6) is 0. The van der Waals surface area contributed by atoms with Gasteiger partial charge in [-0.1, -0.05) is 220 Å². The third-order valence-corrected chi connectivity index (χ3v) is 14.4. The lowest BCUT2D eigenvalue weighted by molar-refractivity contribution is 0.661. The van der Waals surface area contributed by atoms with Gasteiger partial charge in [-0.15, -0.1) is 0 Å². The molecule has 12 aromatic carbocycles. The molecule has 0 N–H and O–H groups in total. The van der Waals surface area contributed by atoms with Crippen molar-refractivity contribution in [2.45, 2.75) is 19.3 Å². The zero-order valence-electron chi connectivity index (χ0n) is 36.4. The molecule has 0 aromatic heterocycles. The summed E-state index contributed by atoms with van der Waals surface area (Å²) in [4.78, 5) is 0. The van der Waals surface area contributed by atoms with E-state index in [1.165, 1.54) is 132 Å². The Kier molecular flexibility index (Phi) is 8.36. The largest absolute Gasteiger partial charge is 0.0622 e. The molecule has 0 aliphatic heterocycles. The lowest BCUT2D eigenvalue weighted by Gasteiger charge is -2.24. The Morgan fingerprint density at radius 1 is 0.231 bits per heavy atom. The molecule has 0 atom stereocenters. The van der Waals surface area contributed by atoms with Gasteiger partial charge in [0.2, 0.25) is 0 Å². The number of fused-ring (bicyclic) bond motifs is 8. The van der Waals surface area contributed by atoms with E-state index in [1.807, 2.05) is 0 Å². The monoisotopic (exact) mass is 824 g/mol. The van der Waals surface area contributed by atoms with E-state index in [4.69, 9.17) is 0 Å². The SMILES string of the molecule is CC1(C)c2cc(-c3c4ccccc4c(-c4ccc5ccccc5c4)c4ccccc34)ccc2-c2ccc(-c3c4ccccc4c(-c4ccccc4)c4cc(-c5ccccc5)ccc34)cc21. The lowest BCUT2D eigenvalue weighted by atomic mass is 9.79. The van der Waals surface area contributed by atoms with Crippen LogP contribution in [0.25, 0.3) is 121 Å². The Morgan fingerprint density at radius 2 is 0.600 bits per heavy atom. The van der Waals surface area contributed by atoms with Gasteiger partial charge in [0.25, 0.3) is 0 Å². The Morgan fingerprint density at radius 3 is 1.11 bits per heavy atom. The molecular formula is C65H44. The summed E-state index contributed by atoms with van der Waals surface area (Å²) >= 11 is 0. The summed E-state index contributed by atoms with van der Waals surface area (Å²) < 4.78 is 0. The van der Waals surface area contributed by atoms with Crippen LogP contribution in [0.1, 0.15) is 25.0 Å². The van der Waals surface area contributed by atoms with Crippen LogP contribution in [0.5, 0.6) is 0 Å². The zero-order chi connectivity index (χ0) is 43.2. The maximum absolute atomic E-state index is 2.51. The normalized spacial score (nSPS) is 12.9. The molecule has 0 nitrogen and oxygen atoms in total. The maximum Gasteiger partial charge on any atom is 0.0159 e. The van der Waals surface area contributed by atoms with Crippen LogP contribution in [0.3, 0.4) is 0 Å². The summed E-state index contributed by atoms with van der Waals surface area (Å²) in [5.41, 5.74) is 17.7. The van der Waals surface area contributed by atoms with Crippen molar-refractivity contribution in [1.82, 2.24) is 0 Å². The van der Waals surface area contributed by atoms with Gasteiger partial charge >= 0.3 is 0 Å². The number of hydrogen-bond donors (Lipinski definition) is 0. The quantitative estimate of drug-likeness (QED) is 0.152. The van der Waals surface area contributed by atoms with E-state index in [0.717, 1.165) is 0 Å². The third-order valence-electron chi connectivity index (χ3n) is 14.4. The van der Waals surface area contributed by atoms with Gasteiger partial charge in [-0.25, -0.2) is 0 Å². The molecule has 0 saturated heterocycles. The summed E-state index contributed by atoms with van der Waals surface area (Å²) in [6, 6.07) is 86.0. The predicted octanol–water partition coefficient (Wildman–Crippen LogP) is 18.1. The van der Waals surface area contributed by atoms with E-state index in [9.17, 15) is 0 Å². The summed E-state index contributed by atoms with van der Waals surface area (Å²) in [6.07, 6.45) is 0. The lowest BCUT2D eigenvalue weighted by Crippen LogP contribution is -2.15. The van der Waals surface area contributed by atoms with Crippen LogP contribution in [0, 0.1) is 0 Å². The molecule has 12 aromatic rings. The fraction of sp³-hybridized carbons (Fsp3) is 0.0462. The van der Waals surface area contributed by atoms with Gasteiger partial charge in [0.1, 0.15) is 0 Å².